The molecule has 1 aromatic carbocycles. The summed E-state index contributed by atoms with van der Waals surface area (Å²) in [4.78, 5) is 0. The van der Waals surface area contributed by atoms with Crippen molar-refractivity contribution in [2.45, 2.75) is 58.9 Å². The summed E-state index contributed by atoms with van der Waals surface area (Å²) in [6, 6.07) is 8.79. The number of nitrogens with one attached hydrogen (secondary N) is 1. The van der Waals surface area contributed by atoms with Crippen LogP contribution in [0.25, 0.3) is 0 Å². The molecule has 0 aliphatic heterocycles. The first kappa shape index (κ1) is 16.4. The van der Waals surface area contributed by atoms with Crippen LogP contribution in [0.4, 0.5) is 0 Å². The number of methoxy groups -OCH3 is 1. The Balaban J connectivity index is 1.96. The Kier molecular flexibility index (Phi) is 5.69. The Hall–Kier alpha value is -1.02. The minimum atomic E-state index is 0.379. The summed E-state index contributed by atoms with van der Waals surface area (Å²) >= 11 is 0. The molecule has 0 saturated heterocycles. The lowest BCUT2D eigenvalue weighted by Gasteiger charge is -2.33. The molecule has 0 heterocycles. The maximum atomic E-state index is 5.33. The highest BCUT2D eigenvalue weighted by Crippen LogP contribution is 2.43. The second-order valence-electron chi connectivity index (χ2n) is 7.18. The molecule has 0 amide bonds. The molecule has 1 atom stereocenters. The quantitative estimate of drug-likeness (QED) is 0.766. The highest BCUT2D eigenvalue weighted by Gasteiger charge is 2.34. The second-order valence-corrected chi connectivity index (χ2v) is 7.18. The van der Waals surface area contributed by atoms with Gasteiger partial charge in [0.25, 0.3) is 0 Å². The molecule has 1 aliphatic carbocycles. The zero-order chi connectivity index (χ0) is 15.3. The van der Waals surface area contributed by atoms with Crippen molar-refractivity contribution in [2.75, 3.05) is 13.7 Å². The first-order valence-electron chi connectivity index (χ1n) is 8.42. The molecule has 1 N–H and O–H groups in total. The van der Waals surface area contributed by atoms with Gasteiger partial charge in [0.2, 0.25) is 0 Å². The highest BCUT2D eigenvalue weighted by atomic mass is 16.5. The van der Waals surface area contributed by atoms with E-state index in [4.69, 9.17) is 4.74 Å². The number of hydrogen-bond acceptors (Lipinski definition) is 2. The third kappa shape index (κ3) is 4.47. The average molecular weight is 289 g/mol. The molecule has 0 spiro atoms. The van der Waals surface area contributed by atoms with E-state index < -0.39 is 0 Å². The summed E-state index contributed by atoms with van der Waals surface area (Å²) in [5.41, 5.74) is 1.84. The largest absolute Gasteiger partial charge is 0.497 e. The lowest BCUT2D eigenvalue weighted by Crippen LogP contribution is -2.34. The maximum Gasteiger partial charge on any atom is 0.119 e. The molecule has 1 aromatic rings. The molecule has 0 aromatic heterocycles. The molecule has 1 aliphatic rings. The summed E-state index contributed by atoms with van der Waals surface area (Å²) < 4.78 is 5.33. The number of hydrogen-bond donors (Lipinski definition) is 1. The summed E-state index contributed by atoms with van der Waals surface area (Å²) in [5, 5.41) is 3.78. The van der Waals surface area contributed by atoms with Gasteiger partial charge in [0.1, 0.15) is 5.75 Å². The third-order valence-electron chi connectivity index (χ3n) is 4.88. The average Bonchev–Trinajstić information content (AvgIpc) is 2.93. The molecule has 0 bridgehead atoms. The Bertz CT molecular complexity index is 435. The number of ether oxygens (including phenoxy) is 1. The van der Waals surface area contributed by atoms with Gasteiger partial charge in [0.15, 0.2) is 0 Å². The molecule has 2 nitrogen and oxygen atoms in total. The topological polar surface area (TPSA) is 21.3 Å². The Labute approximate surface area is 130 Å². The van der Waals surface area contributed by atoms with Gasteiger partial charge in [-0.2, -0.15) is 0 Å². The van der Waals surface area contributed by atoms with Crippen LogP contribution in [-0.2, 0) is 0 Å². The van der Waals surface area contributed by atoms with Crippen LogP contribution in [0, 0.1) is 11.3 Å². The molecule has 2 heteroatoms. The summed E-state index contributed by atoms with van der Waals surface area (Å²) in [5.74, 6) is 1.73. The fourth-order valence-corrected chi connectivity index (χ4v) is 3.84. The molecular weight excluding hydrogens is 258 g/mol. The van der Waals surface area contributed by atoms with Gasteiger partial charge in [-0.25, -0.2) is 0 Å². The lowest BCUT2D eigenvalue weighted by atomic mass is 9.78. The summed E-state index contributed by atoms with van der Waals surface area (Å²) in [6.07, 6.45) is 6.95. The fourth-order valence-electron chi connectivity index (χ4n) is 3.84. The van der Waals surface area contributed by atoms with Gasteiger partial charge in [-0.3, -0.25) is 0 Å². The van der Waals surface area contributed by atoms with Crippen molar-refractivity contribution < 1.29 is 4.74 Å². The Morgan fingerprint density at radius 2 is 1.90 bits per heavy atom. The molecule has 21 heavy (non-hydrogen) atoms. The lowest BCUT2D eigenvalue weighted by molar-refractivity contribution is 0.217. The minimum Gasteiger partial charge on any atom is -0.497 e. The van der Waals surface area contributed by atoms with E-state index in [9.17, 15) is 0 Å². The van der Waals surface area contributed by atoms with Crippen LogP contribution < -0.4 is 10.1 Å². The molecule has 1 fully saturated rings. The first-order chi connectivity index (χ1) is 10.0. The van der Waals surface area contributed by atoms with Gasteiger partial charge in [0.05, 0.1) is 7.11 Å². The van der Waals surface area contributed by atoms with Crippen LogP contribution in [0.5, 0.6) is 5.75 Å². The minimum absolute atomic E-state index is 0.379. The van der Waals surface area contributed by atoms with E-state index in [0.717, 1.165) is 18.2 Å². The Morgan fingerprint density at radius 1 is 1.19 bits per heavy atom. The van der Waals surface area contributed by atoms with Gasteiger partial charge >= 0.3 is 0 Å². The van der Waals surface area contributed by atoms with E-state index in [1.807, 2.05) is 6.07 Å². The van der Waals surface area contributed by atoms with Crippen LogP contribution in [0.2, 0.25) is 0 Å². The fraction of sp³-hybridized carbons (Fsp3) is 0.684. The van der Waals surface area contributed by atoms with Crippen molar-refractivity contribution in [3.63, 3.8) is 0 Å². The second kappa shape index (κ2) is 7.31. The van der Waals surface area contributed by atoms with Crippen molar-refractivity contribution in [1.29, 1.82) is 0 Å². The maximum absolute atomic E-state index is 5.33. The molecule has 118 valence electrons. The smallest absolute Gasteiger partial charge is 0.119 e. The van der Waals surface area contributed by atoms with Gasteiger partial charge < -0.3 is 10.1 Å². The first-order valence-corrected chi connectivity index (χ1v) is 8.42. The van der Waals surface area contributed by atoms with Crippen molar-refractivity contribution in [3.8, 4) is 5.75 Å². The predicted octanol–water partition coefficient (Wildman–Crippen LogP) is 4.95. The normalized spacial score (nSPS) is 18.9. The van der Waals surface area contributed by atoms with Crippen molar-refractivity contribution in [1.82, 2.24) is 5.32 Å². The van der Waals surface area contributed by atoms with E-state index in [-0.39, 0.29) is 0 Å². The van der Waals surface area contributed by atoms with E-state index in [1.165, 1.54) is 37.7 Å². The van der Waals surface area contributed by atoms with Gasteiger partial charge in [-0.05, 0) is 55.2 Å². The van der Waals surface area contributed by atoms with E-state index >= 15 is 0 Å². The van der Waals surface area contributed by atoms with Crippen LogP contribution in [0.1, 0.15) is 64.5 Å². The molecule has 1 saturated carbocycles. The van der Waals surface area contributed by atoms with Gasteiger partial charge in [-0.15, -0.1) is 0 Å². The number of rotatable bonds is 7. The third-order valence-corrected chi connectivity index (χ3v) is 4.88. The van der Waals surface area contributed by atoms with Crippen molar-refractivity contribution >= 4 is 0 Å². The highest BCUT2D eigenvalue weighted by molar-refractivity contribution is 5.30. The molecular formula is C19H31NO. The number of benzene rings is 1. The summed E-state index contributed by atoms with van der Waals surface area (Å²) in [6.45, 7) is 8.10. The van der Waals surface area contributed by atoms with Crippen LogP contribution in [0.3, 0.4) is 0 Å². The van der Waals surface area contributed by atoms with Gasteiger partial charge in [0, 0.05) is 12.6 Å². The Morgan fingerprint density at radius 3 is 2.52 bits per heavy atom. The molecule has 2 rings (SSSR count). The zero-order valence-electron chi connectivity index (χ0n) is 14.1. The predicted molar refractivity (Wildman–Crippen MR) is 89.8 cm³/mol. The van der Waals surface area contributed by atoms with Crippen LogP contribution >= 0.6 is 0 Å². The molecule has 1 unspecified atom stereocenters. The SMILES string of the molecule is COc1cccc(C(C)NCC2(CC(C)C)CCCC2)c1. The van der Waals surface area contributed by atoms with Crippen LogP contribution in [-0.4, -0.2) is 13.7 Å². The van der Waals surface area contributed by atoms with Crippen LogP contribution in [0.15, 0.2) is 24.3 Å². The zero-order valence-corrected chi connectivity index (χ0v) is 14.1. The standard InChI is InChI=1S/C19H31NO/c1-15(2)13-19(10-5-6-11-19)14-20-16(3)17-8-7-9-18(12-17)21-4/h7-9,12,15-16,20H,5-6,10-11,13-14H2,1-4H3. The van der Waals surface area contributed by atoms with E-state index in [0.29, 0.717) is 11.5 Å². The van der Waals surface area contributed by atoms with Crippen molar-refractivity contribution in [3.05, 3.63) is 29.8 Å². The van der Waals surface area contributed by atoms with Gasteiger partial charge in [-0.1, -0.05) is 38.8 Å². The van der Waals surface area contributed by atoms with E-state index in [1.54, 1.807) is 7.11 Å². The van der Waals surface area contributed by atoms with E-state index in [2.05, 4.69) is 44.3 Å². The summed E-state index contributed by atoms with van der Waals surface area (Å²) in [7, 11) is 1.73. The van der Waals surface area contributed by atoms with Crippen molar-refractivity contribution in [2.24, 2.45) is 11.3 Å². The molecule has 0 radical (unpaired) electrons. The monoisotopic (exact) mass is 289 g/mol.